The summed E-state index contributed by atoms with van der Waals surface area (Å²) in [6.07, 6.45) is 14.9. The Hall–Kier alpha value is -1.08. The number of hydrogen-bond acceptors (Lipinski definition) is 3. The van der Waals surface area contributed by atoms with Crippen molar-refractivity contribution in [3.05, 3.63) is 11.6 Å². The summed E-state index contributed by atoms with van der Waals surface area (Å²) in [6, 6.07) is 0. The summed E-state index contributed by atoms with van der Waals surface area (Å²) in [7, 11) is -3.19. The van der Waals surface area contributed by atoms with Crippen LogP contribution >= 0.6 is 0 Å². The molecule has 0 aromatic carbocycles. The SMILES string of the molecule is C#CCS(=O)(=O)[C@H]1CC[C@@]2(C)C(=CC[C@@H]3[C@@H]2CC[C@]2(C)C(=O)CC[C@@H]32)C1. The molecule has 0 radical (unpaired) electrons. The lowest BCUT2D eigenvalue weighted by molar-refractivity contribution is -0.131. The number of allylic oxidation sites excluding steroid dienone is 2. The van der Waals surface area contributed by atoms with Crippen molar-refractivity contribution in [1.82, 2.24) is 0 Å². The van der Waals surface area contributed by atoms with Crippen LogP contribution in [-0.4, -0.2) is 25.2 Å². The fraction of sp³-hybridized carbons (Fsp3) is 0.773. The first kappa shape index (κ1) is 18.3. The van der Waals surface area contributed by atoms with E-state index in [1.165, 1.54) is 5.57 Å². The summed E-state index contributed by atoms with van der Waals surface area (Å²) in [4.78, 5) is 12.5. The van der Waals surface area contributed by atoms with Gasteiger partial charge in [0.05, 0.1) is 5.25 Å². The van der Waals surface area contributed by atoms with E-state index in [0.29, 0.717) is 30.0 Å². The molecule has 6 atom stereocenters. The van der Waals surface area contributed by atoms with Crippen molar-refractivity contribution >= 4 is 15.6 Å². The molecule has 0 bridgehead atoms. The zero-order valence-corrected chi connectivity index (χ0v) is 16.8. The molecule has 142 valence electrons. The molecule has 3 fully saturated rings. The third-order valence-electron chi connectivity index (χ3n) is 8.56. The number of carbonyl (C=O) groups excluding carboxylic acids is 1. The van der Waals surface area contributed by atoms with Crippen LogP contribution in [0.2, 0.25) is 0 Å². The van der Waals surface area contributed by atoms with Crippen molar-refractivity contribution in [3.8, 4) is 12.3 Å². The van der Waals surface area contributed by atoms with Gasteiger partial charge in [-0.1, -0.05) is 31.4 Å². The highest BCUT2D eigenvalue weighted by Gasteiger charge is 2.58. The summed E-state index contributed by atoms with van der Waals surface area (Å²) < 4.78 is 24.9. The smallest absolute Gasteiger partial charge is 0.164 e. The van der Waals surface area contributed by atoms with Gasteiger partial charge in [-0.25, -0.2) is 8.42 Å². The molecule has 3 saturated carbocycles. The number of carbonyl (C=O) groups is 1. The van der Waals surface area contributed by atoms with E-state index in [2.05, 4.69) is 25.8 Å². The predicted octanol–water partition coefficient (Wildman–Crippen LogP) is 3.93. The average molecular weight is 375 g/mol. The number of terminal acetylenes is 1. The Bertz CT molecular complexity index is 802. The molecule has 0 amide bonds. The van der Waals surface area contributed by atoms with Gasteiger partial charge in [0, 0.05) is 11.8 Å². The Morgan fingerprint density at radius 2 is 1.85 bits per heavy atom. The van der Waals surface area contributed by atoms with E-state index in [0.717, 1.165) is 44.9 Å². The molecule has 0 aliphatic heterocycles. The van der Waals surface area contributed by atoms with Gasteiger partial charge in [0.15, 0.2) is 9.84 Å². The summed E-state index contributed by atoms with van der Waals surface area (Å²) in [5.41, 5.74) is 1.36. The van der Waals surface area contributed by atoms with Gasteiger partial charge >= 0.3 is 0 Å². The molecular formula is C22H30O3S. The first-order valence-electron chi connectivity index (χ1n) is 10.1. The first-order valence-corrected chi connectivity index (χ1v) is 11.8. The Kier molecular flexibility index (Phi) is 4.19. The third-order valence-corrected chi connectivity index (χ3v) is 10.5. The lowest BCUT2D eigenvalue weighted by atomic mass is 9.48. The van der Waals surface area contributed by atoms with Gasteiger partial charge in [-0.3, -0.25) is 4.79 Å². The van der Waals surface area contributed by atoms with Crippen LogP contribution in [0.15, 0.2) is 11.6 Å². The van der Waals surface area contributed by atoms with Crippen LogP contribution in [0.1, 0.15) is 65.2 Å². The van der Waals surface area contributed by atoms with E-state index < -0.39 is 9.84 Å². The molecule has 0 aromatic heterocycles. The number of ketones is 1. The van der Waals surface area contributed by atoms with Gasteiger partial charge in [-0.05, 0) is 68.1 Å². The number of fused-ring (bicyclic) bond motifs is 5. The van der Waals surface area contributed by atoms with Crippen molar-refractivity contribution in [3.63, 3.8) is 0 Å². The Labute approximate surface area is 157 Å². The maximum Gasteiger partial charge on any atom is 0.164 e. The van der Waals surface area contributed by atoms with Crippen molar-refractivity contribution in [2.24, 2.45) is 28.6 Å². The van der Waals surface area contributed by atoms with Gasteiger partial charge in [0.2, 0.25) is 0 Å². The molecule has 3 nitrogen and oxygen atoms in total. The molecule has 4 aliphatic rings. The highest BCUT2D eigenvalue weighted by molar-refractivity contribution is 7.92. The molecule has 0 N–H and O–H groups in total. The fourth-order valence-electron chi connectivity index (χ4n) is 6.94. The number of rotatable bonds is 2. The summed E-state index contributed by atoms with van der Waals surface area (Å²) in [5, 5.41) is -0.309. The number of sulfone groups is 1. The zero-order valence-electron chi connectivity index (χ0n) is 16.0. The largest absolute Gasteiger partial charge is 0.299 e. The summed E-state index contributed by atoms with van der Waals surface area (Å²) in [6.45, 7) is 4.56. The van der Waals surface area contributed by atoms with Gasteiger partial charge in [-0.2, -0.15) is 0 Å². The molecule has 0 unspecified atom stereocenters. The van der Waals surface area contributed by atoms with Crippen molar-refractivity contribution in [2.75, 3.05) is 5.75 Å². The lowest BCUT2D eigenvalue weighted by Gasteiger charge is -2.57. The van der Waals surface area contributed by atoms with Crippen LogP contribution in [-0.2, 0) is 14.6 Å². The maximum absolute atomic E-state index is 12.5. The molecular weight excluding hydrogens is 344 g/mol. The molecule has 4 aliphatic carbocycles. The van der Waals surface area contributed by atoms with Gasteiger partial charge < -0.3 is 0 Å². The minimum Gasteiger partial charge on any atom is -0.299 e. The van der Waals surface area contributed by atoms with Crippen molar-refractivity contribution in [1.29, 1.82) is 0 Å². The molecule has 0 aromatic rings. The van der Waals surface area contributed by atoms with Crippen molar-refractivity contribution < 1.29 is 13.2 Å². The second-order valence-corrected chi connectivity index (χ2v) is 11.8. The van der Waals surface area contributed by atoms with E-state index >= 15 is 0 Å². The summed E-state index contributed by atoms with van der Waals surface area (Å²) >= 11 is 0. The highest BCUT2D eigenvalue weighted by Crippen LogP contribution is 2.64. The van der Waals surface area contributed by atoms with E-state index in [1.807, 2.05) is 0 Å². The van der Waals surface area contributed by atoms with E-state index in [1.54, 1.807) is 0 Å². The quantitative estimate of drug-likeness (QED) is 0.543. The Morgan fingerprint density at radius 1 is 1.15 bits per heavy atom. The topological polar surface area (TPSA) is 51.2 Å². The number of Topliss-reactive ketones (excluding diaryl/α,β-unsaturated/α-hetero) is 1. The van der Waals surface area contributed by atoms with Crippen molar-refractivity contribution in [2.45, 2.75) is 70.5 Å². The Balaban J connectivity index is 1.62. The van der Waals surface area contributed by atoms with Gasteiger partial charge in [0.25, 0.3) is 0 Å². The van der Waals surface area contributed by atoms with Crippen LogP contribution in [0, 0.1) is 40.9 Å². The molecule has 0 spiro atoms. The Morgan fingerprint density at radius 3 is 2.58 bits per heavy atom. The van der Waals surface area contributed by atoms with Crippen LogP contribution in [0.3, 0.4) is 0 Å². The van der Waals surface area contributed by atoms with E-state index in [9.17, 15) is 13.2 Å². The van der Waals surface area contributed by atoms with Gasteiger partial charge in [0.1, 0.15) is 11.5 Å². The minimum atomic E-state index is -3.19. The maximum atomic E-state index is 12.5. The average Bonchev–Trinajstić information content (AvgIpc) is 2.89. The predicted molar refractivity (Wildman–Crippen MR) is 103 cm³/mol. The normalized spacial score (nSPS) is 45.1. The molecule has 0 saturated heterocycles. The number of hydrogen-bond donors (Lipinski definition) is 0. The second kappa shape index (κ2) is 5.96. The van der Waals surface area contributed by atoms with Crippen LogP contribution in [0.5, 0.6) is 0 Å². The molecule has 4 rings (SSSR count). The third kappa shape index (κ3) is 2.46. The zero-order chi connectivity index (χ0) is 18.7. The molecule has 26 heavy (non-hydrogen) atoms. The van der Waals surface area contributed by atoms with Crippen LogP contribution < -0.4 is 0 Å². The first-order chi connectivity index (χ1) is 12.2. The van der Waals surface area contributed by atoms with E-state index in [4.69, 9.17) is 6.42 Å². The van der Waals surface area contributed by atoms with Crippen LogP contribution in [0.4, 0.5) is 0 Å². The minimum absolute atomic E-state index is 0.101. The molecule has 0 heterocycles. The van der Waals surface area contributed by atoms with Crippen LogP contribution in [0.25, 0.3) is 0 Å². The van der Waals surface area contributed by atoms with Gasteiger partial charge in [-0.15, -0.1) is 6.42 Å². The fourth-order valence-corrected chi connectivity index (χ4v) is 8.32. The molecule has 4 heteroatoms. The monoisotopic (exact) mass is 374 g/mol. The lowest BCUT2D eigenvalue weighted by Crippen LogP contribution is -2.51. The second-order valence-electron chi connectivity index (χ2n) is 9.55. The standard InChI is InChI=1S/C22H30O3S/c1-4-13-26(24,25)16-9-11-21(2)15(14-16)5-6-17-18-7-8-20(23)22(18,3)12-10-19(17)21/h1,5,16-19H,6-14H2,2-3H3/t16-,17-,18-,19-,21-,22-/m0/s1. The summed E-state index contributed by atoms with van der Waals surface area (Å²) in [5.74, 6) is 4.37. The van der Waals surface area contributed by atoms with E-state index in [-0.39, 0.29) is 21.8 Å². The highest BCUT2D eigenvalue weighted by atomic mass is 32.2.